The SMILES string of the molecule is CNCCC(=O)CCc1cnn(C)c1. The second kappa shape index (κ2) is 5.54. The van der Waals surface area contributed by atoms with E-state index in [0.29, 0.717) is 18.6 Å². The lowest BCUT2D eigenvalue weighted by Crippen LogP contribution is -2.13. The second-order valence-electron chi connectivity index (χ2n) is 3.41. The van der Waals surface area contributed by atoms with Crippen molar-refractivity contribution in [2.75, 3.05) is 13.6 Å². The first kappa shape index (κ1) is 10.9. The Balaban J connectivity index is 2.23. The second-order valence-corrected chi connectivity index (χ2v) is 3.41. The molecule has 1 N–H and O–H groups in total. The lowest BCUT2D eigenvalue weighted by atomic mass is 10.1. The summed E-state index contributed by atoms with van der Waals surface area (Å²) in [5, 5.41) is 7.01. The molecule has 0 saturated heterocycles. The fourth-order valence-electron chi connectivity index (χ4n) is 1.27. The van der Waals surface area contributed by atoms with Crippen LogP contribution in [0.1, 0.15) is 18.4 Å². The van der Waals surface area contributed by atoms with Crippen LogP contribution in [0.3, 0.4) is 0 Å². The summed E-state index contributed by atoms with van der Waals surface area (Å²) in [5.41, 5.74) is 1.13. The zero-order valence-corrected chi connectivity index (χ0v) is 8.79. The molecule has 1 aromatic heterocycles. The van der Waals surface area contributed by atoms with Gasteiger partial charge in [0.05, 0.1) is 6.20 Å². The van der Waals surface area contributed by atoms with Crippen LogP contribution in [0.4, 0.5) is 0 Å². The lowest BCUT2D eigenvalue weighted by molar-refractivity contribution is -0.118. The van der Waals surface area contributed by atoms with Gasteiger partial charge >= 0.3 is 0 Å². The van der Waals surface area contributed by atoms with Crippen LogP contribution >= 0.6 is 0 Å². The van der Waals surface area contributed by atoms with Gasteiger partial charge < -0.3 is 5.32 Å². The maximum Gasteiger partial charge on any atom is 0.134 e. The molecule has 1 aromatic rings. The first-order chi connectivity index (χ1) is 6.72. The molecule has 1 rings (SSSR count). The topological polar surface area (TPSA) is 46.9 Å². The van der Waals surface area contributed by atoms with E-state index in [9.17, 15) is 4.79 Å². The van der Waals surface area contributed by atoms with Gasteiger partial charge in [0.1, 0.15) is 5.78 Å². The van der Waals surface area contributed by atoms with Gasteiger partial charge in [-0.2, -0.15) is 5.10 Å². The van der Waals surface area contributed by atoms with Crippen LogP contribution in [0.25, 0.3) is 0 Å². The van der Waals surface area contributed by atoms with Crippen LogP contribution in [-0.4, -0.2) is 29.2 Å². The zero-order chi connectivity index (χ0) is 10.4. The van der Waals surface area contributed by atoms with Crippen molar-refractivity contribution in [1.82, 2.24) is 15.1 Å². The van der Waals surface area contributed by atoms with Crippen LogP contribution in [0, 0.1) is 0 Å². The summed E-state index contributed by atoms with van der Waals surface area (Å²) < 4.78 is 1.76. The molecule has 14 heavy (non-hydrogen) atoms. The van der Waals surface area contributed by atoms with Crippen molar-refractivity contribution in [2.45, 2.75) is 19.3 Å². The van der Waals surface area contributed by atoms with E-state index in [-0.39, 0.29) is 0 Å². The van der Waals surface area contributed by atoms with Crippen LogP contribution in [0.5, 0.6) is 0 Å². The molecule has 0 aromatic carbocycles. The van der Waals surface area contributed by atoms with Crippen LogP contribution < -0.4 is 5.32 Å². The van der Waals surface area contributed by atoms with Crippen LogP contribution in [0.15, 0.2) is 12.4 Å². The van der Waals surface area contributed by atoms with Crippen molar-refractivity contribution < 1.29 is 4.79 Å². The summed E-state index contributed by atoms with van der Waals surface area (Å²) >= 11 is 0. The maximum atomic E-state index is 11.3. The summed E-state index contributed by atoms with van der Waals surface area (Å²) in [6, 6.07) is 0. The minimum atomic E-state index is 0.309. The molecule has 0 amide bonds. The first-order valence-corrected chi connectivity index (χ1v) is 4.86. The molecular weight excluding hydrogens is 178 g/mol. The van der Waals surface area contributed by atoms with Gasteiger partial charge in [0, 0.05) is 32.6 Å². The van der Waals surface area contributed by atoms with E-state index in [1.807, 2.05) is 26.5 Å². The first-order valence-electron chi connectivity index (χ1n) is 4.86. The third-order valence-corrected chi connectivity index (χ3v) is 2.10. The molecule has 0 saturated carbocycles. The van der Waals surface area contributed by atoms with Gasteiger partial charge in [-0.15, -0.1) is 0 Å². The molecule has 0 unspecified atom stereocenters. The van der Waals surface area contributed by atoms with Crippen molar-refractivity contribution >= 4 is 5.78 Å². The number of aryl methyl sites for hydroxylation is 2. The van der Waals surface area contributed by atoms with Crippen molar-refractivity contribution in [3.8, 4) is 0 Å². The third-order valence-electron chi connectivity index (χ3n) is 2.10. The van der Waals surface area contributed by atoms with E-state index in [1.165, 1.54) is 0 Å². The Labute approximate surface area is 84.3 Å². The van der Waals surface area contributed by atoms with E-state index >= 15 is 0 Å². The largest absolute Gasteiger partial charge is 0.319 e. The highest BCUT2D eigenvalue weighted by molar-refractivity contribution is 5.78. The van der Waals surface area contributed by atoms with Gasteiger partial charge in [-0.1, -0.05) is 0 Å². The minimum Gasteiger partial charge on any atom is -0.319 e. The van der Waals surface area contributed by atoms with E-state index in [4.69, 9.17) is 0 Å². The number of nitrogens with zero attached hydrogens (tertiary/aromatic N) is 2. The lowest BCUT2D eigenvalue weighted by Gasteiger charge is -1.98. The molecule has 4 nitrogen and oxygen atoms in total. The van der Waals surface area contributed by atoms with Gasteiger partial charge in [-0.25, -0.2) is 0 Å². The zero-order valence-electron chi connectivity index (χ0n) is 8.79. The van der Waals surface area contributed by atoms with Crippen LogP contribution in [-0.2, 0) is 18.3 Å². The number of rotatable bonds is 6. The molecule has 78 valence electrons. The van der Waals surface area contributed by atoms with E-state index in [1.54, 1.807) is 4.68 Å². The van der Waals surface area contributed by atoms with Gasteiger partial charge in [0.25, 0.3) is 0 Å². The summed E-state index contributed by atoms with van der Waals surface area (Å²) in [7, 11) is 3.74. The Morgan fingerprint density at radius 3 is 2.93 bits per heavy atom. The standard InChI is InChI=1S/C10H17N3O/c1-11-6-5-10(14)4-3-9-7-12-13(2)8-9/h7-8,11H,3-6H2,1-2H3. The average molecular weight is 195 g/mol. The quantitative estimate of drug-likeness (QED) is 0.720. The van der Waals surface area contributed by atoms with Gasteiger partial charge in [-0.05, 0) is 19.0 Å². The Morgan fingerprint density at radius 2 is 2.36 bits per heavy atom. The molecule has 0 bridgehead atoms. The number of hydrogen-bond donors (Lipinski definition) is 1. The summed E-state index contributed by atoms with van der Waals surface area (Å²) in [4.78, 5) is 11.3. The fourth-order valence-corrected chi connectivity index (χ4v) is 1.27. The predicted molar refractivity (Wildman–Crippen MR) is 55.1 cm³/mol. The van der Waals surface area contributed by atoms with Gasteiger partial charge in [-0.3, -0.25) is 9.48 Å². The Hall–Kier alpha value is -1.16. The number of carbonyl (C=O) groups excluding carboxylic acids is 1. The van der Waals surface area contributed by atoms with Gasteiger partial charge in [0.2, 0.25) is 0 Å². The minimum absolute atomic E-state index is 0.309. The molecule has 0 atom stereocenters. The smallest absolute Gasteiger partial charge is 0.134 e. The van der Waals surface area contributed by atoms with E-state index in [0.717, 1.165) is 18.5 Å². The molecule has 1 heterocycles. The van der Waals surface area contributed by atoms with Crippen molar-refractivity contribution in [3.63, 3.8) is 0 Å². The number of ketones is 1. The van der Waals surface area contributed by atoms with E-state index in [2.05, 4.69) is 10.4 Å². The predicted octanol–water partition coefficient (Wildman–Crippen LogP) is 0.531. The molecule has 0 aliphatic heterocycles. The highest BCUT2D eigenvalue weighted by atomic mass is 16.1. The summed E-state index contributed by atoms with van der Waals surface area (Å²) in [5.74, 6) is 0.309. The fraction of sp³-hybridized carbons (Fsp3) is 0.600. The number of nitrogens with one attached hydrogen (secondary N) is 1. The number of carbonyl (C=O) groups is 1. The van der Waals surface area contributed by atoms with Crippen molar-refractivity contribution in [2.24, 2.45) is 7.05 Å². The van der Waals surface area contributed by atoms with Crippen molar-refractivity contribution in [3.05, 3.63) is 18.0 Å². The Bertz CT molecular complexity index is 293. The molecule has 0 fully saturated rings. The summed E-state index contributed by atoms with van der Waals surface area (Å²) in [6.45, 7) is 0.770. The van der Waals surface area contributed by atoms with E-state index < -0.39 is 0 Å². The molecule has 0 spiro atoms. The number of aromatic nitrogens is 2. The highest BCUT2D eigenvalue weighted by Crippen LogP contribution is 2.02. The summed E-state index contributed by atoms with van der Waals surface area (Å²) in [6.07, 6.45) is 5.80. The Morgan fingerprint density at radius 1 is 1.57 bits per heavy atom. The molecular formula is C10H17N3O. The number of Topliss-reactive ketones (excluding diaryl/α,β-unsaturated/α-hetero) is 1. The molecule has 0 radical (unpaired) electrons. The average Bonchev–Trinajstić information content (AvgIpc) is 2.58. The molecule has 0 aliphatic rings. The van der Waals surface area contributed by atoms with Gasteiger partial charge in [0.15, 0.2) is 0 Å². The Kier molecular flexibility index (Phi) is 4.32. The maximum absolute atomic E-state index is 11.3. The van der Waals surface area contributed by atoms with Crippen LogP contribution in [0.2, 0.25) is 0 Å². The monoisotopic (exact) mass is 195 g/mol. The molecule has 0 aliphatic carbocycles. The third kappa shape index (κ3) is 3.70. The normalized spacial score (nSPS) is 10.4. The highest BCUT2D eigenvalue weighted by Gasteiger charge is 2.02. The van der Waals surface area contributed by atoms with Crippen molar-refractivity contribution in [1.29, 1.82) is 0 Å². The molecule has 4 heteroatoms. The number of hydrogen-bond acceptors (Lipinski definition) is 3.